The van der Waals surface area contributed by atoms with Gasteiger partial charge in [-0.3, -0.25) is 4.79 Å². The predicted molar refractivity (Wildman–Crippen MR) is 73.6 cm³/mol. The van der Waals surface area contributed by atoms with Gasteiger partial charge in [0.25, 0.3) is 0 Å². The zero-order valence-electron chi connectivity index (χ0n) is 12.2. The monoisotopic (exact) mass is 249 g/mol. The highest BCUT2D eigenvalue weighted by Crippen LogP contribution is 2.51. The molecule has 1 spiro atoms. The zero-order chi connectivity index (χ0) is 13.5. The molecule has 0 radical (unpaired) electrons. The Kier molecular flexibility index (Phi) is 3.68. The van der Waals surface area contributed by atoms with Gasteiger partial charge in [-0.1, -0.05) is 26.8 Å². The lowest BCUT2D eigenvalue weighted by Crippen LogP contribution is -2.90. The first-order chi connectivity index (χ1) is 8.42. The Hall–Kier alpha value is -0.630. The third kappa shape index (κ3) is 1.95. The molecule has 0 aromatic heterocycles. The first-order valence-electron chi connectivity index (χ1n) is 7.27. The second kappa shape index (κ2) is 4.80. The predicted octanol–water partition coefficient (Wildman–Crippen LogP) is 2.32. The van der Waals surface area contributed by atoms with Crippen molar-refractivity contribution in [1.29, 1.82) is 0 Å². The highest BCUT2D eigenvalue weighted by molar-refractivity contribution is 5.98. The molecule has 1 saturated carbocycles. The van der Waals surface area contributed by atoms with E-state index in [4.69, 9.17) is 0 Å². The molecule has 1 fully saturated rings. The average molecular weight is 249 g/mol. The number of allylic oxidation sites excluding steroid dienone is 1. The molecule has 4 atom stereocenters. The Morgan fingerprint density at radius 2 is 2.11 bits per heavy atom. The van der Waals surface area contributed by atoms with Crippen LogP contribution in [-0.4, -0.2) is 11.8 Å². The maximum atomic E-state index is 12.0. The molecule has 0 amide bonds. The molecule has 0 saturated heterocycles. The lowest BCUT2D eigenvalue weighted by Gasteiger charge is -2.49. The van der Waals surface area contributed by atoms with Crippen molar-refractivity contribution in [1.82, 2.24) is 0 Å². The van der Waals surface area contributed by atoms with Crippen LogP contribution in [0.25, 0.3) is 0 Å². The van der Waals surface area contributed by atoms with E-state index in [0.29, 0.717) is 36.0 Å². The number of Topliss-reactive ketones (excluding diaryl/α,β-unsaturated/α-hetero) is 1. The number of quaternary nitrogens is 1. The fraction of sp³-hybridized carbons (Fsp3) is 0.750. The quantitative estimate of drug-likeness (QED) is 0.749. The minimum atomic E-state index is 0.0656. The van der Waals surface area contributed by atoms with Crippen LogP contribution in [-0.2, 0) is 4.79 Å². The number of carbonyl (C=O) groups excluding carboxylic acids is 1. The molecule has 0 aliphatic heterocycles. The van der Waals surface area contributed by atoms with Crippen LogP contribution in [0.4, 0.5) is 0 Å². The number of rotatable bonds is 2. The average Bonchev–Trinajstić information content (AvgIpc) is 2.59. The smallest absolute Gasteiger partial charge is 0.159 e. The van der Waals surface area contributed by atoms with Crippen LogP contribution < -0.4 is 5.32 Å². The normalized spacial score (nSPS) is 40.7. The summed E-state index contributed by atoms with van der Waals surface area (Å²) in [6, 6.07) is 0.461. The lowest BCUT2D eigenvalue weighted by atomic mass is 9.58. The highest BCUT2D eigenvalue weighted by atomic mass is 16.1. The molecule has 102 valence electrons. The van der Waals surface area contributed by atoms with Gasteiger partial charge in [0.1, 0.15) is 0 Å². The number of nitrogens with two attached hydrogens (primary N) is 1. The van der Waals surface area contributed by atoms with Gasteiger partial charge in [-0.05, 0) is 37.2 Å². The number of ketones is 1. The summed E-state index contributed by atoms with van der Waals surface area (Å²) in [5.74, 6) is 2.28. The van der Waals surface area contributed by atoms with Crippen LogP contribution in [0.3, 0.4) is 0 Å². The van der Waals surface area contributed by atoms with Crippen LogP contribution >= 0.6 is 0 Å². The van der Waals surface area contributed by atoms with Gasteiger partial charge in [-0.2, -0.15) is 7.05 Å². The molecule has 2 aliphatic carbocycles. The summed E-state index contributed by atoms with van der Waals surface area (Å²) in [6.45, 7) is 8.90. The molecule has 2 N–H and O–H groups in total. The van der Waals surface area contributed by atoms with Crippen LogP contribution in [0.15, 0.2) is 11.6 Å². The molecular formula is C16H27NO. The van der Waals surface area contributed by atoms with Crippen LogP contribution in [0.5, 0.6) is 0 Å². The van der Waals surface area contributed by atoms with E-state index in [0.717, 1.165) is 5.57 Å². The SMILES string of the molecule is [CH2-][NH2+][C@@H]1[C@H](C(C)C)CC[C@@H](C)[C@@]12C=C(C)C(=O)C2. The van der Waals surface area contributed by atoms with Gasteiger partial charge in [0, 0.05) is 17.8 Å². The topological polar surface area (TPSA) is 33.7 Å². The molecule has 2 aliphatic rings. The maximum Gasteiger partial charge on any atom is 0.159 e. The van der Waals surface area contributed by atoms with E-state index in [2.05, 4.69) is 39.2 Å². The zero-order valence-corrected chi connectivity index (χ0v) is 12.2. The van der Waals surface area contributed by atoms with Crippen molar-refractivity contribution < 1.29 is 10.1 Å². The van der Waals surface area contributed by atoms with Crippen molar-refractivity contribution in [3.05, 3.63) is 18.7 Å². The van der Waals surface area contributed by atoms with E-state index in [9.17, 15) is 4.79 Å². The summed E-state index contributed by atoms with van der Waals surface area (Å²) in [5.41, 5.74) is 1.04. The van der Waals surface area contributed by atoms with Gasteiger partial charge in [0.2, 0.25) is 0 Å². The fourth-order valence-corrected chi connectivity index (χ4v) is 4.24. The maximum absolute atomic E-state index is 12.0. The summed E-state index contributed by atoms with van der Waals surface area (Å²) in [4.78, 5) is 12.0. The van der Waals surface area contributed by atoms with Crippen molar-refractivity contribution in [2.75, 3.05) is 0 Å². The second-order valence-corrected chi connectivity index (χ2v) is 6.69. The Morgan fingerprint density at radius 3 is 2.56 bits per heavy atom. The Bertz CT molecular complexity index is 371. The molecular weight excluding hydrogens is 222 g/mol. The molecule has 2 nitrogen and oxygen atoms in total. The summed E-state index contributed by atoms with van der Waals surface area (Å²) < 4.78 is 0. The Labute approximate surface area is 111 Å². The third-order valence-corrected chi connectivity index (χ3v) is 5.43. The van der Waals surface area contributed by atoms with Gasteiger partial charge in [-0.25, -0.2) is 0 Å². The standard InChI is InChI=1S/C16H27NO/c1-10(2)13-7-6-12(4)16(15(13)17-5)8-11(3)14(18)9-16/h8,10,12-13,15H,5-7,9,17H2,1-4H3/t12-,13+,15-,16+/m1/s1. The summed E-state index contributed by atoms with van der Waals surface area (Å²) in [6.07, 6.45) is 5.50. The van der Waals surface area contributed by atoms with Gasteiger partial charge >= 0.3 is 0 Å². The van der Waals surface area contributed by atoms with Crippen molar-refractivity contribution in [2.24, 2.45) is 23.2 Å². The Balaban J connectivity index is 2.39. The fourth-order valence-electron chi connectivity index (χ4n) is 4.24. The summed E-state index contributed by atoms with van der Waals surface area (Å²) >= 11 is 0. The molecule has 0 unspecified atom stereocenters. The van der Waals surface area contributed by atoms with Crippen LogP contribution in [0.1, 0.15) is 47.0 Å². The van der Waals surface area contributed by atoms with E-state index in [1.807, 2.05) is 6.92 Å². The van der Waals surface area contributed by atoms with E-state index < -0.39 is 0 Å². The summed E-state index contributed by atoms with van der Waals surface area (Å²) in [7, 11) is 4.08. The molecule has 2 rings (SSSR count). The van der Waals surface area contributed by atoms with Crippen molar-refractivity contribution >= 4 is 5.78 Å². The molecule has 0 bridgehead atoms. The molecule has 0 aromatic carbocycles. The first-order valence-corrected chi connectivity index (χ1v) is 7.27. The molecule has 0 heterocycles. The number of carbonyl (C=O) groups is 1. The van der Waals surface area contributed by atoms with Crippen LogP contribution in [0, 0.1) is 30.2 Å². The highest BCUT2D eigenvalue weighted by Gasteiger charge is 2.53. The number of hydrogen-bond acceptors (Lipinski definition) is 1. The summed E-state index contributed by atoms with van der Waals surface area (Å²) in [5, 5.41) is 2.13. The Morgan fingerprint density at radius 1 is 1.44 bits per heavy atom. The van der Waals surface area contributed by atoms with Gasteiger partial charge in [0.15, 0.2) is 5.78 Å². The first kappa shape index (κ1) is 13.8. The molecule has 0 aromatic rings. The van der Waals surface area contributed by atoms with E-state index in [-0.39, 0.29) is 5.41 Å². The van der Waals surface area contributed by atoms with Gasteiger partial charge in [-0.15, -0.1) is 0 Å². The van der Waals surface area contributed by atoms with E-state index >= 15 is 0 Å². The third-order valence-electron chi connectivity index (χ3n) is 5.43. The minimum absolute atomic E-state index is 0.0656. The molecule has 2 heteroatoms. The second-order valence-electron chi connectivity index (χ2n) is 6.69. The van der Waals surface area contributed by atoms with Crippen molar-refractivity contribution in [2.45, 2.75) is 53.0 Å². The van der Waals surface area contributed by atoms with Crippen molar-refractivity contribution in [3.8, 4) is 0 Å². The van der Waals surface area contributed by atoms with Crippen LogP contribution in [0.2, 0.25) is 0 Å². The van der Waals surface area contributed by atoms with Crippen molar-refractivity contribution in [3.63, 3.8) is 0 Å². The minimum Gasteiger partial charge on any atom is -0.475 e. The van der Waals surface area contributed by atoms with E-state index in [1.54, 1.807) is 0 Å². The van der Waals surface area contributed by atoms with Gasteiger partial charge < -0.3 is 5.32 Å². The van der Waals surface area contributed by atoms with Gasteiger partial charge in [0.05, 0.1) is 6.04 Å². The number of hydrogen-bond donors (Lipinski definition) is 1. The lowest BCUT2D eigenvalue weighted by molar-refractivity contribution is -0.661. The van der Waals surface area contributed by atoms with E-state index in [1.165, 1.54) is 12.8 Å². The largest absolute Gasteiger partial charge is 0.475 e. The molecule has 18 heavy (non-hydrogen) atoms.